The highest BCUT2D eigenvalue weighted by molar-refractivity contribution is 5.74. The van der Waals surface area contributed by atoms with Crippen molar-refractivity contribution in [1.82, 2.24) is 15.2 Å². The molecule has 134 valence electrons. The van der Waals surface area contributed by atoms with Crippen LogP contribution in [0.25, 0.3) is 0 Å². The summed E-state index contributed by atoms with van der Waals surface area (Å²) in [5.41, 5.74) is -0.575. The first-order valence-electron chi connectivity index (χ1n) is 8.60. The summed E-state index contributed by atoms with van der Waals surface area (Å²) in [6, 6.07) is 4.97. The normalized spacial score (nSPS) is 21.4. The molecule has 0 bridgehead atoms. The molecule has 1 fully saturated rings. The second-order valence-corrected chi connectivity index (χ2v) is 7.56. The fourth-order valence-corrected chi connectivity index (χ4v) is 3.25. The number of ether oxygens (including phenoxy) is 1. The Hall–Kier alpha value is -1.82. The van der Waals surface area contributed by atoms with Gasteiger partial charge in [-0.3, -0.25) is 4.79 Å². The summed E-state index contributed by atoms with van der Waals surface area (Å²) >= 11 is 0. The number of aryl methyl sites for hydroxylation is 1. The molecule has 0 saturated carbocycles. The quantitative estimate of drug-likeness (QED) is 0.783. The van der Waals surface area contributed by atoms with Gasteiger partial charge in [-0.25, -0.2) is 4.79 Å². The number of rotatable bonds is 6. The van der Waals surface area contributed by atoms with E-state index in [2.05, 4.69) is 10.6 Å². The Morgan fingerprint density at radius 1 is 1.29 bits per heavy atom. The first kappa shape index (κ1) is 18.5. The number of unbranched alkanes of at least 4 members (excludes halogenated alkanes) is 1. The van der Waals surface area contributed by atoms with Crippen LogP contribution in [-0.4, -0.2) is 34.4 Å². The zero-order valence-corrected chi connectivity index (χ0v) is 15.1. The molecule has 2 N–H and O–H groups in total. The molecular formula is C18H29N3O3. The van der Waals surface area contributed by atoms with E-state index < -0.39 is 0 Å². The fraction of sp³-hybridized carbons (Fsp3) is 0.667. The molecular weight excluding hydrogens is 306 g/mol. The van der Waals surface area contributed by atoms with Crippen LogP contribution in [-0.2, 0) is 11.3 Å². The summed E-state index contributed by atoms with van der Waals surface area (Å²) in [7, 11) is 0. The molecule has 2 heterocycles. The van der Waals surface area contributed by atoms with E-state index in [0.717, 1.165) is 19.3 Å². The van der Waals surface area contributed by atoms with Gasteiger partial charge < -0.3 is 19.9 Å². The van der Waals surface area contributed by atoms with E-state index >= 15 is 0 Å². The lowest BCUT2D eigenvalue weighted by molar-refractivity contribution is -0.0690. The molecule has 24 heavy (non-hydrogen) atoms. The molecule has 1 atom stereocenters. The van der Waals surface area contributed by atoms with Crippen LogP contribution in [0.15, 0.2) is 29.2 Å². The first-order valence-corrected chi connectivity index (χ1v) is 8.60. The van der Waals surface area contributed by atoms with Crippen LogP contribution in [0.2, 0.25) is 0 Å². The van der Waals surface area contributed by atoms with Crippen molar-refractivity contribution < 1.29 is 9.53 Å². The number of carbonyl (C=O) groups is 1. The minimum Gasteiger partial charge on any atom is -0.367 e. The molecule has 6 heteroatoms. The van der Waals surface area contributed by atoms with Crippen molar-refractivity contribution in [2.75, 3.05) is 6.54 Å². The predicted octanol–water partition coefficient (Wildman–Crippen LogP) is 2.27. The van der Waals surface area contributed by atoms with E-state index in [9.17, 15) is 9.59 Å². The number of nitrogens with zero attached hydrogens (tertiary/aromatic N) is 1. The third-order valence-electron chi connectivity index (χ3n) is 4.39. The minimum absolute atomic E-state index is 0.00426. The summed E-state index contributed by atoms with van der Waals surface area (Å²) in [5.74, 6) is 0. The van der Waals surface area contributed by atoms with Gasteiger partial charge in [-0.1, -0.05) is 6.07 Å². The van der Waals surface area contributed by atoms with Crippen LogP contribution in [0.1, 0.15) is 47.0 Å². The van der Waals surface area contributed by atoms with Crippen LogP contribution in [0.3, 0.4) is 0 Å². The molecule has 1 saturated heterocycles. The van der Waals surface area contributed by atoms with Gasteiger partial charge in [0.15, 0.2) is 0 Å². The molecule has 1 aromatic heterocycles. The van der Waals surface area contributed by atoms with Gasteiger partial charge in [-0.15, -0.1) is 0 Å². The van der Waals surface area contributed by atoms with Gasteiger partial charge in [0.05, 0.1) is 17.2 Å². The third kappa shape index (κ3) is 5.09. The van der Waals surface area contributed by atoms with Gasteiger partial charge in [0.1, 0.15) is 0 Å². The molecule has 2 rings (SSSR count). The summed E-state index contributed by atoms with van der Waals surface area (Å²) in [4.78, 5) is 23.6. The zero-order valence-electron chi connectivity index (χ0n) is 15.1. The van der Waals surface area contributed by atoms with E-state index in [-0.39, 0.29) is 28.8 Å². The number of amides is 2. The molecule has 1 unspecified atom stereocenters. The molecule has 1 aliphatic rings. The Morgan fingerprint density at radius 3 is 2.67 bits per heavy atom. The van der Waals surface area contributed by atoms with Crippen molar-refractivity contribution in [2.45, 2.75) is 70.7 Å². The van der Waals surface area contributed by atoms with E-state index in [4.69, 9.17) is 4.74 Å². The van der Waals surface area contributed by atoms with E-state index in [1.165, 1.54) is 0 Å². The van der Waals surface area contributed by atoms with Gasteiger partial charge in [0.25, 0.3) is 0 Å². The number of pyridine rings is 1. The summed E-state index contributed by atoms with van der Waals surface area (Å²) < 4.78 is 7.66. The van der Waals surface area contributed by atoms with Crippen molar-refractivity contribution in [3.05, 3.63) is 34.7 Å². The number of hydrogen-bond acceptors (Lipinski definition) is 3. The van der Waals surface area contributed by atoms with E-state index in [1.807, 2.05) is 33.8 Å². The predicted molar refractivity (Wildman–Crippen MR) is 94.1 cm³/mol. The maximum atomic E-state index is 12.1. The van der Waals surface area contributed by atoms with Crippen molar-refractivity contribution >= 4 is 6.03 Å². The fourth-order valence-electron chi connectivity index (χ4n) is 3.25. The van der Waals surface area contributed by atoms with Gasteiger partial charge >= 0.3 is 6.03 Å². The highest BCUT2D eigenvalue weighted by atomic mass is 16.5. The average Bonchev–Trinajstić information content (AvgIpc) is 2.67. The molecule has 6 nitrogen and oxygen atoms in total. The number of aromatic nitrogens is 1. The lowest BCUT2D eigenvalue weighted by Gasteiger charge is -2.27. The Kier molecular flexibility index (Phi) is 5.70. The number of carbonyl (C=O) groups excluding carboxylic acids is 1. The maximum Gasteiger partial charge on any atom is 0.315 e. The molecule has 0 aliphatic carbocycles. The number of nitrogens with one attached hydrogen (secondary N) is 2. The van der Waals surface area contributed by atoms with Crippen LogP contribution in [0.5, 0.6) is 0 Å². The second kappa shape index (κ2) is 7.38. The Morgan fingerprint density at radius 2 is 2.04 bits per heavy atom. The van der Waals surface area contributed by atoms with Crippen LogP contribution >= 0.6 is 0 Å². The number of urea groups is 1. The van der Waals surface area contributed by atoms with Crippen molar-refractivity contribution in [3.63, 3.8) is 0 Å². The lowest BCUT2D eigenvalue weighted by Crippen LogP contribution is -2.49. The maximum absolute atomic E-state index is 12.1. The monoisotopic (exact) mass is 335 g/mol. The minimum atomic E-state index is -0.366. The molecule has 0 spiro atoms. The third-order valence-corrected chi connectivity index (χ3v) is 4.39. The van der Waals surface area contributed by atoms with E-state index in [0.29, 0.717) is 13.1 Å². The topological polar surface area (TPSA) is 72.4 Å². The van der Waals surface area contributed by atoms with Gasteiger partial charge in [-0.2, -0.15) is 0 Å². The van der Waals surface area contributed by atoms with Crippen molar-refractivity contribution in [1.29, 1.82) is 0 Å². The Balaban J connectivity index is 1.67. The SMILES string of the molecule is CC1(C)CC(NC(=O)NCCCCn2ccccc2=O)C(C)(C)O1. The smallest absolute Gasteiger partial charge is 0.315 e. The Bertz CT molecular complexity index is 622. The first-order chi connectivity index (χ1) is 11.2. The lowest BCUT2D eigenvalue weighted by atomic mass is 9.95. The van der Waals surface area contributed by atoms with Gasteiger partial charge in [-0.05, 0) is 53.0 Å². The molecule has 0 aromatic carbocycles. The van der Waals surface area contributed by atoms with Gasteiger partial charge in [0, 0.05) is 25.4 Å². The zero-order chi connectivity index (χ0) is 17.8. The average molecular weight is 335 g/mol. The summed E-state index contributed by atoms with van der Waals surface area (Å²) in [6.45, 7) is 9.35. The standard InChI is InChI=1S/C18H29N3O3/c1-17(2)13-14(18(3,4)24-17)20-16(23)19-10-6-8-12-21-11-7-5-9-15(21)22/h5,7,9,11,14H,6,8,10,12-13H2,1-4H3,(H2,19,20,23). The van der Waals surface area contributed by atoms with Crippen molar-refractivity contribution in [2.24, 2.45) is 0 Å². The van der Waals surface area contributed by atoms with Crippen LogP contribution in [0, 0.1) is 0 Å². The van der Waals surface area contributed by atoms with Crippen LogP contribution < -0.4 is 16.2 Å². The largest absolute Gasteiger partial charge is 0.367 e. The molecule has 1 aliphatic heterocycles. The summed E-state index contributed by atoms with van der Waals surface area (Å²) in [6.07, 6.45) is 4.25. The molecule has 0 radical (unpaired) electrons. The molecule has 2 amide bonds. The van der Waals surface area contributed by atoms with Crippen molar-refractivity contribution in [3.8, 4) is 0 Å². The number of hydrogen-bond donors (Lipinski definition) is 2. The van der Waals surface area contributed by atoms with Crippen LogP contribution in [0.4, 0.5) is 4.79 Å². The summed E-state index contributed by atoms with van der Waals surface area (Å²) in [5, 5.41) is 5.89. The van der Waals surface area contributed by atoms with Gasteiger partial charge in [0.2, 0.25) is 5.56 Å². The van der Waals surface area contributed by atoms with E-state index in [1.54, 1.807) is 22.9 Å². The molecule has 1 aromatic rings. The highest BCUT2D eigenvalue weighted by Crippen LogP contribution is 2.37. The highest BCUT2D eigenvalue weighted by Gasteiger charge is 2.46. The Labute approximate surface area is 143 Å². The second-order valence-electron chi connectivity index (χ2n) is 7.56.